The Morgan fingerprint density at radius 3 is 1.82 bits per heavy atom. The first kappa shape index (κ1) is 27.2. The molecule has 0 aromatic heterocycles. The van der Waals surface area contributed by atoms with E-state index in [1.54, 1.807) is 0 Å². The smallest absolute Gasteiger partial charge is 0.417 e. The van der Waals surface area contributed by atoms with Gasteiger partial charge in [-0.1, -0.05) is 26.2 Å². The second-order valence-corrected chi connectivity index (χ2v) is 7.68. The van der Waals surface area contributed by atoms with Crippen molar-refractivity contribution in [2.75, 3.05) is 6.61 Å². The molecule has 0 aliphatic rings. The molecule has 0 saturated heterocycles. The lowest BCUT2D eigenvalue weighted by molar-refractivity contribution is -0.138. The maximum atomic E-state index is 13.3. The van der Waals surface area contributed by atoms with Crippen LogP contribution < -0.4 is 9.47 Å². The van der Waals surface area contributed by atoms with Gasteiger partial charge in [0.15, 0.2) is 0 Å². The van der Waals surface area contributed by atoms with Crippen molar-refractivity contribution in [3.8, 4) is 11.5 Å². The molecule has 0 saturated carbocycles. The lowest BCUT2D eigenvalue weighted by atomic mass is 10.1. The molecule has 0 aliphatic carbocycles. The van der Waals surface area contributed by atoms with E-state index in [1.165, 1.54) is 12.1 Å². The number of alkyl halides is 6. The molecule has 4 nitrogen and oxygen atoms in total. The monoisotopic (exact) mass is 488 g/mol. The van der Waals surface area contributed by atoms with Gasteiger partial charge in [0.25, 0.3) is 0 Å². The zero-order valence-corrected chi connectivity index (χ0v) is 18.5. The summed E-state index contributed by atoms with van der Waals surface area (Å²) in [7, 11) is 0. The predicted molar refractivity (Wildman–Crippen MR) is 117 cm³/mol. The summed E-state index contributed by atoms with van der Waals surface area (Å²) in [6, 6.07) is 6.45. The Morgan fingerprint density at radius 1 is 0.794 bits per heavy atom. The molecule has 2 aromatic rings. The summed E-state index contributed by atoms with van der Waals surface area (Å²) in [6.45, 7) is 1.85. The third-order valence-corrected chi connectivity index (χ3v) is 5.09. The molecule has 0 spiro atoms. The molecule has 2 aromatic carbocycles. The van der Waals surface area contributed by atoms with Gasteiger partial charge >= 0.3 is 12.4 Å². The molecule has 0 fully saturated rings. The number of rotatable bonds is 12. The van der Waals surface area contributed by atoms with Gasteiger partial charge in [-0.15, -0.1) is 0 Å². The van der Waals surface area contributed by atoms with Gasteiger partial charge < -0.3 is 20.3 Å². The van der Waals surface area contributed by atoms with Crippen molar-refractivity contribution in [3.63, 3.8) is 0 Å². The normalized spacial score (nSPS) is 12.8. The molecule has 34 heavy (non-hydrogen) atoms. The van der Waals surface area contributed by atoms with Crippen LogP contribution in [-0.4, -0.2) is 25.1 Å². The number of benzene rings is 2. The molecule has 0 heterocycles. The summed E-state index contributed by atoms with van der Waals surface area (Å²) in [5, 5.41) is 14.3. The summed E-state index contributed by atoms with van der Waals surface area (Å²) in [6.07, 6.45) is -4.93. The van der Waals surface area contributed by atoms with Gasteiger partial charge in [0, 0.05) is 23.6 Å². The van der Waals surface area contributed by atoms with Crippen molar-refractivity contribution in [2.24, 2.45) is 0 Å². The standard InChI is InChI=1S/C24H26F6N2O2/c1-2-3-4-5-6-20(34-19-10-8-17(14-32)22(12-19)24(28,29)30)15-33-18-9-7-16(13-31)21(11-18)23(25,26)27/h7-14,20,31-32H,2-6,15H2,1H3. The van der Waals surface area contributed by atoms with Gasteiger partial charge in [0.05, 0.1) is 11.1 Å². The lowest BCUT2D eigenvalue weighted by Gasteiger charge is -2.21. The molecular formula is C24H26F6N2O2. The van der Waals surface area contributed by atoms with E-state index in [9.17, 15) is 26.3 Å². The first-order valence-electron chi connectivity index (χ1n) is 10.7. The predicted octanol–water partition coefficient (Wildman–Crippen LogP) is 7.52. The van der Waals surface area contributed by atoms with Crippen LogP contribution in [0.4, 0.5) is 26.3 Å². The minimum atomic E-state index is -4.68. The third-order valence-electron chi connectivity index (χ3n) is 5.09. The molecule has 186 valence electrons. The Bertz CT molecular complexity index is 973. The minimum Gasteiger partial charge on any atom is -0.490 e. The SMILES string of the molecule is CCCCCCC(COc1ccc(C=N)c(C(F)(F)F)c1)Oc1ccc(C=N)c(C(F)(F)F)c1. The quantitative estimate of drug-likeness (QED) is 0.184. The van der Waals surface area contributed by atoms with Gasteiger partial charge in [-0.3, -0.25) is 0 Å². The molecule has 0 amide bonds. The van der Waals surface area contributed by atoms with E-state index in [-0.39, 0.29) is 29.2 Å². The van der Waals surface area contributed by atoms with Crippen LogP contribution in [0.15, 0.2) is 36.4 Å². The van der Waals surface area contributed by atoms with Gasteiger partial charge in [0.2, 0.25) is 0 Å². The summed E-state index contributed by atoms with van der Waals surface area (Å²) in [4.78, 5) is 0. The van der Waals surface area contributed by atoms with Crippen molar-refractivity contribution in [2.45, 2.75) is 57.5 Å². The van der Waals surface area contributed by atoms with Crippen LogP contribution in [0.2, 0.25) is 0 Å². The molecule has 1 unspecified atom stereocenters. The summed E-state index contributed by atoms with van der Waals surface area (Å²) >= 11 is 0. The molecule has 0 aliphatic heterocycles. The average Bonchev–Trinajstić information content (AvgIpc) is 2.78. The third kappa shape index (κ3) is 7.78. The molecule has 10 heteroatoms. The van der Waals surface area contributed by atoms with E-state index in [0.717, 1.165) is 43.5 Å². The number of nitrogens with one attached hydrogen (secondary N) is 2. The first-order valence-corrected chi connectivity index (χ1v) is 10.7. The molecule has 0 bridgehead atoms. The zero-order chi connectivity index (χ0) is 25.4. The summed E-state index contributed by atoms with van der Waals surface area (Å²) in [5.41, 5.74) is -2.64. The van der Waals surface area contributed by atoms with Gasteiger partial charge in [-0.25, -0.2) is 0 Å². The molecule has 2 N–H and O–H groups in total. The van der Waals surface area contributed by atoms with Crippen molar-refractivity contribution < 1.29 is 35.8 Å². The molecular weight excluding hydrogens is 462 g/mol. The highest BCUT2D eigenvalue weighted by Gasteiger charge is 2.34. The fraction of sp³-hybridized carbons (Fsp3) is 0.417. The maximum Gasteiger partial charge on any atom is 0.417 e. The van der Waals surface area contributed by atoms with E-state index >= 15 is 0 Å². The number of hydrogen-bond donors (Lipinski definition) is 2. The summed E-state index contributed by atoms with van der Waals surface area (Å²) in [5.74, 6) is -0.160. The van der Waals surface area contributed by atoms with Gasteiger partial charge in [0.1, 0.15) is 24.2 Å². The highest BCUT2D eigenvalue weighted by molar-refractivity contribution is 5.80. The van der Waals surface area contributed by atoms with Crippen LogP contribution >= 0.6 is 0 Å². The van der Waals surface area contributed by atoms with Crippen LogP contribution in [0.5, 0.6) is 11.5 Å². The van der Waals surface area contributed by atoms with Crippen molar-refractivity contribution >= 4 is 12.4 Å². The van der Waals surface area contributed by atoms with Crippen LogP contribution in [0.3, 0.4) is 0 Å². The van der Waals surface area contributed by atoms with E-state index in [0.29, 0.717) is 25.3 Å². The Kier molecular flexibility index (Phi) is 9.52. The fourth-order valence-electron chi connectivity index (χ4n) is 3.33. The minimum absolute atomic E-state index is 0.0721. The highest BCUT2D eigenvalue weighted by atomic mass is 19.4. The molecule has 2 rings (SSSR count). The van der Waals surface area contributed by atoms with Crippen molar-refractivity contribution in [3.05, 3.63) is 58.7 Å². The van der Waals surface area contributed by atoms with Gasteiger partial charge in [-0.2, -0.15) is 26.3 Å². The second kappa shape index (κ2) is 11.9. The summed E-state index contributed by atoms with van der Waals surface area (Å²) < 4.78 is 90.9. The van der Waals surface area contributed by atoms with Gasteiger partial charge in [-0.05, 0) is 49.2 Å². The fourth-order valence-corrected chi connectivity index (χ4v) is 3.33. The van der Waals surface area contributed by atoms with Crippen LogP contribution in [0.1, 0.15) is 61.3 Å². The average molecular weight is 488 g/mol. The van der Waals surface area contributed by atoms with E-state index < -0.39 is 29.6 Å². The topological polar surface area (TPSA) is 66.2 Å². The maximum absolute atomic E-state index is 13.3. The highest BCUT2D eigenvalue weighted by Crippen LogP contribution is 2.35. The number of halogens is 6. The number of unbranched alkanes of at least 4 members (excludes halogenated alkanes) is 3. The largest absolute Gasteiger partial charge is 0.490 e. The van der Waals surface area contributed by atoms with Crippen molar-refractivity contribution in [1.82, 2.24) is 0 Å². The zero-order valence-electron chi connectivity index (χ0n) is 18.5. The van der Waals surface area contributed by atoms with E-state index in [1.807, 2.05) is 6.92 Å². The van der Waals surface area contributed by atoms with Crippen molar-refractivity contribution in [1.29, 1.82) is 10.8 Å². The van der Waals surface area contributed by atoms with E-state index in [2.05, 4.69) is 0 Å². The van der Waals surface area contributed by atoms with Crippen LogP contribution in [-0.2, 0) is 12.4 Å². The lowest BCUT2D eigenvalue weighted by Crippen LogP contribution is -2.25. The molecule has 1 atom stereocenters. The number of hydrogen-bond acceptors (Lipinski definition) is 4. The Morgan fingerprint density at radius 2 is 1.32 bits per heavy atom. The molecule has 0 radical (unpaired) electrons. The first-order chi connectivity index (χ1) is 16.0. The Balaban J connectivity index is 2.22. The Labute approximate surface area is 193 Å². The Hall–Kier alpha value is -3.04. The van der Waals surface area contributed by atoms with Crippen LogP contribution in [0.25, 0.3) is 0 Å². The second-order valence-electron chi connectivity index (χ2n) is 7.68. The van der Waals surface area contributed by atoms with Crippen LogP contribution in [0, 0.1) is 10.8 Å². The van der Waals surface area contributed by atoms with E-state index in [4.69, 9.17) is 20.3 Å². The number of ether oxygens (including phenoxy) is 2.